The molecule has 8 heteroatoms. The summed E-state index contributed by atoms with van der Waals surface area (Å²) in [5, 5.41) is 0.0468. The Morgan fingerprint density at radius 1 is 1.06 bits per heavy atom. The number of hydrogen-bond acceptors (Lipinski definition) is 5. The molecule has 2 aromatic rings. The quantitative estimate of drug-likeness (QED) is 0.708. The molecule has 7 nitrogen and oxygen atoms in total. The third-order valence-electron chi connectivity index (χ3n) is 5.23. The summed E-state index contributed by atoms with van der Waals surface area (Å²) < 4.78 is 16.6. The van der Waals surface area contributed by atoms with Gasteiger partial charge in [-0.3, -0.25) is 9.36 Å². The first-order chi connectivity index (χ1) is 14.8. The molecule has 1 aliphatic heterocycles. The molecule has 0 amide bonds. The Morgan fingerprint density at radius 3 is 2.00 bits per heavy atom. The van der Waals surface area contributed by atoms with Crippen LogP contribution in [-0.2, 0) is 0 Å². The number of fused-ring (bicyclic) bond motifs is 1. The van der Waals surface area contributed by atoms with Gasteiger partial charge in [-0.15, -0.1) is 0 Å². The van der Waals surface area contributed by atoms with Gasteiger partial charge < -0.3 is 10.7 Å². The zero-order chi connectivity index (χ0) is 23.9. The van der Waals surface area contributed by atoms with Crippen molar-refractivity contribution in [3.8, 4) is 0 Å². The Balaban J connectivity index is 0.000000620. The second-order valence-corrected chi connectivity index (χ2v) is 7.79. The van der Waals surface area contributed by atoms with Gasteiger partial charge in [0.25, 0.3) is 5.56 Å². The van der Waals surface area contributed by atoms with Crippen LogP contribution in [0.15, 0.2) is 15.7 Å². The van der Waals surface area contributed by atoms with Crippen LogP contribution in [0, 0.1) is 17.7 Å². The van der Waals surface area contributed by atoms with Gasteiger partial charge in [-0.1, -0.05) is 61.8 Å². The summed E-state index contributed by atoms with van der Waals surface area (Å²) in [4.78, 5) is 30.9. The van der Waals surface area contributed by atoms with Crippen LogP contribution in [0.25, 0.3) is 11.0 Å². The van der Waals surface area contributed by atoms with Gasteiger partial charge in [-0.05, 0) is 30.7 Å². The lowest BCUT2D eigenvalue weighted by atomic mass is 10.0. The van der Waals surface area contributed by atoms with E-state index in [9.17, 15) is 14.0 Å². The zero-order valence-corrected chi connectivity index (χ0v) is 20.4. The van der Waals surface area contributed by atoms with Crippen LogP contribution >= 0.6 is 0 Å². The largest absolute Gasteiger partial charge is 0.354 e. The molecule has 4 rings (SSSR count). The molecule has 2 atom stereocenters. The van der Waals surface area contributed by atoms with Crippen LogP contribution in [0.3, 0.4) is 0 Å². The molecule has 0 spiro atoms. The summed E-state index contributed by atoms with van der Waals surface area (Å²) >= 11 is 0. The Bertz CT molecular complexity index is 955. The van der Waals surface area contributed by atoms with Gasteiger partial charge >= 0.3 is 5.69 Å². The maximum Gasteiger partial charge on any atom is 0.351 e. The fourth-order valence-corrected chi connectivity index (χ4v) is 3.42. The Labute approximate surface area is 185 Å². The molecule has 3 heterocycles. The molecule has 1 aliphatic carbocycles. The minimum Gasteiger partial charge on any atom is -0.354 e. The van der Waals surface area contributed by atoms with Crippen molar-refractivity contribution in [1.29, 1.82) is 0 Å². The van der Waals surface area contributed by atoms with E-state index in [-0.39, 0.29) is 22.9 Å². The predicted octanol–water partition coefficient (Wildman–Crippen LogP) is 4.31. The third-order valence-corrected chi connectivity index (χ3v) is 5.23. The molecule has 1 saturated carbocycles. The van der Waals surface area contributed by atoms with Crippen LogP contribution in [0.5, 0.6) is 0 Å². The van der Waals surface area contributed by atoms with Crippen molar-refractivity contribution in [1.82, 2.24) is 14.2 Å². The number of anilines is 1. The zero-order valence-electron chi connectivity index (χ0n) is 20.4. The molecule has 0 bridgehead atoms. The van der Waals surface area contributed by atoms with Crippen LogP contribution in [0.2, 0.25) is 0 Å². The number of rotatable bonds is 2. The SMILES string of the molecule is CC.CC.CCC.C[C@H]1CN(c2nc3c(cc2F)c(=O)n(N)c(=O)n3C2CC2)C[C@@H]1C. The van der Waals surface area contributed by atoms with Crippen molar-refractivity contribution in [2.75, 3.05) is 23.8 Å². The number of nitrogens with zero attached hydrogens (tertiary/aromatic N) is 4. The van der Waals surface area contributed by atoms with Crippen molar-refractivity contribution < 1.29 is 4.39 Å². The van der Waals surface area contributed by atoms with Crippen LogP contribution in [-0.4, -0.2) is 27.3 Å². The van der Waals surface area contributed by atoms with Gasteiger partial charge in [0.15, 0.2) is 17.3 Å². The van der Waals surface area contributed by atoms with E-state index >= 15 is 0 Å². The Kier molecular flexibility index (Phi) is 10.2. The van der Waals surface area contributed by atoms with Crippen molar-refractivity contribution in [3.63, 3.8) is 0 Å². The van der Waals surface area contributed by atoms with E-state index in [2.05, 4.69) is 32.7 Å². The molecule has 2 fully saturated rings. The van der Waals surface area contributed by atoms with E-state index < -0.39 is 17.1 Å². The average Bonchev–Trinajstić information content (AvgIpc) is 3.55. The summed E-state index contributed by atoms with van der Waals surface area (Å²) in [5.41, 5.74) is -1.07. The van der Waals surface area contributed by atoms with Crippen molar-refractivity contribution in [2.24, 2.45) is 11.8 Å². The second-order valence-electron chi connectivity index (χ2n) is 7.79. The molecular weight excluding hydrogens is 397 g/mol. The highest BCUT2D eigenvalue weighted by molar-refractivity contribution is 5.77. The molecule has 1 saturated heterocycles. The van der Waals surface area contributed by atoms with Crippen molar-refractivity contribution in [3.05, 3.63) is 32.7 Å². The van der Waals surface area contributed by atoms with E-state index in [0.29, 0.717) is 29.6 Å². The molecular formula is C23H40FN5O2. The van der Waals surface area contributed by atoms with Gasteiger partial charge in [0.1, 0.15) is 0 Å². The van der Waals surface area contributed by atoms with Gasteiger partial charge in [0.05, 0.1) is 5.39 Å². The number of pyridine rings is 1. The van der Waals surface area contributed by atoms with Gasteiger partial charge in [0, 0.05) is 19.1 Å². The third kappa shape index (κ3) is 5.66. The summed E-state index contributed by atoms with van der Waals surface area (Å²) in [7, 11) is 0. The average molecular weight is 438 g/mol. The first-order valence-corrected chi connectivity index (χ1v) is 11.7. The fraction of sp³-hybridized carbons (Fsp3) is 0.696. The van der Waals surface area contributed by atoms with Crippen molar-refractivity contribution >= 4 is 16.9 Å². The highest BCUT2D eigenvalue weighted by atomic mass is 19.1. The smallest absolute Gasteiger partial charge is 0.351 e. The molecule has 2 aliphatic rings. The molecule has 31 heavy (non-hydrogen) atoms. The van der Waals surface area contributed by atoms with Crippen LogP contribution < -0.4 is 22.0 Å². The highest BCUT2D eigenvalue weighted by Gasteiger charge is 2.32. The van der Waals surface area contributed by atoms with Gasteiger partial charge in [-0.2, -0.15) is 4.68 Å². The monoisotopic (exact) mass is 437 g/mol. The Hall–Kier alpha value is -2.38. The number of nitrogen functional groups attached to an aromatic ring is 1. The second kappa shape index (κ2) is 11.9. The number of halogens is 1. The number of hydrogen-bond donors (Lipinski definition) is 1. The van der Waals surface area contributed by atoms with E-state index in [1.54, 1.807) is 0 Å². The number of nitrogens with two attached hydrogens (primary N) is 1. The van der Waals surface area contributed by atoms with Crippen LogP contribution in [0.4, 0.5) is 10.2 Å². The lowest BCUT2D eigenvalue weighted by Crippen LogP contribution is -2.44. The lowest BCUT2D eigenvalue weighted by Gasteiger charge is -2.19. The van der Waals surface area contributed by atoms with E-state index in [1.165, 1.54) is 11.0 Å². The van der Waals surface area contributed by atoms with Gasteiger partial charge in [-0.25, -0.2) is 14.2 Å². The van der Waals surface area contributed by atoms with E-state index in [0.717, 1.165) is 18.9 Å². The van der Waals surface area contributed by atoms with Crippen molar-refractivity contribution in [2.45, 2.75) is 80.7 Å². The summed E-state index contributed by atoms with van der Waals surface area (Å²) in [6.45, 7) is 17.9. The van der Waals surface area contributed by atoms with E-state index in [4.69, 9.17) is 5.84 Å². The maximum atomic E-state index is 14.6. The minimum absolute atomic E-state index is 0.0161. The van der Waals surface area contributed by atoms with E-state index in [1.807, 2.05) is 32.6 Å². The van der Waals surface area contributed by atoms with Crippen LogP contribution in [0.1, 0.15) is 80.7 Å². The molecule has 176 valence electrons. The first kappa shape index (κ1) is 26.7. The van der Waals surface area contributed by atoms with Gasteiger partial charge in [0.2, 0.25) is 0 Å². The fourth-order valence-electron chi connectivity index (χ4n) is 3.42. The molecule has 0 aromatic carbocycles. The minimum atomic E-state index is -0.715. The predicted molar refractivity (Wildman–Crippen MR) is 128 cm³/mol. The summed E-state index contributed by atoms with van der Waals surface area (Å²) in [6.07, 6.45) is 2.92. The normalized spacial score (nSPS) is 19.6. The molecule has 0 radical (unpaired) electrons. The summed E-state index contributed by atoms with van der Waals surface area (Å²) in [5.74, 6) is 6.10. The standard InChI is InChI=1S/C16H20FN5O2.C3H8.2C2H6/c1-8-6-20(7-9(8)2)14-12(17)5-11-13(19-14)21(10-3-4-10)16(24)22(18)15(11)23;1-3-2;2*1-2/h5,8-10H,3-4,6-7,18H2,1-2H3;3H2,1-2H3;2*1-2H3/t8-,9-;;;/m0.../s1. The maximum absolute atomic E-state index is 14.6. The highest BCUT2D eigenvalue weighted by Crippen LogP contribution is 2.36. The molecule has 2 aromatic heterocycles. The first-order valence-electron chi connectivity index (χ1n) is 11.7. The lowest BCUT2D eigenvalue weighted by molar-refractivity contribution is 0.494. The topological polar surface area (TPSA) is 86.2 Å². The Morgan fingerprint density at radius 2 is 1.55 bits per heavy atom. The number of aromatic nitrogens is 3. The molecule has 0 unspecified atom stereocenters. The molecule has 2 N–H and O–H groups in total. The summed E-state index contributed by atoms with van der Waals surface area (Å²) in [6, 6.07) is 1.15.